The highest BCUT2D eigenvalue weighted by molar-refractivity contribution is 5.91. The predicted octanol–water partition coefficient (Wildman–Crippen LogP) is 2.46. The zero-order valence-corrected chi connectivity index (χ0v) is 14.3. The van der Waals surface area contributed by atoms with E-state index in [1.807, 2.05) is 17.0 Å². The second kappa shape index (κ2) is 5.95. The van der Waals surface area contributed by atoms with Gasteiger partial charge in [-0.15, -0.1) is 0 Å². The van der Waals surface area contributed by atoms with Crippen LogP contribution in [-0.4, -0.2) is 48.9 Å². The van der Waals surface area contributed by atoms with Crippen LogP contribution in [0.1, 0.15) is 33.6 Å². The summed E-state index contributed by atoms with van der Waals surface area (Å²) in [7, 11) is 3.46. The van der Waals surface area contributed by atoms with Crippen molar-refractivity contribution in [2.45, 2.75) is 12.0 Å². The number of nitrogens with zero attached hydrogens (tertiary/aromatic N) is 2. The van der Waals surface area contributed by atoms with Crippen molar-refractivity contribution in [2.75, 3.05) is 27.2 Å². The first-order valence-corrected chi connectivity index (χ1v) is 8.45. The van der Waals surface area contributed by atoms with Crippen LogP contribution in [0.2, 0.25) is 0 Å². The largest absolute Gasteiger partial charge is 0.459 e. The molecule has 25 heavy (non-hydrogen) atoms. The van der Waals surface area contributed by atoms with Crippen molar-refractivity contribution < 1.29 is 14.0 Å². The van der Waals surface area contributed by atoms with E-state index in [0.717, 1.165) is 5.56 Å². The first-order valence-electron chi connectivity index (χ1n) is 8.45. The number of benzene rings is 1. The monoisotopic (exact) mass is 339 g/mol. The summed E-state index contributed by atoms with van der Waals surface area (Å²) >= 11 is 0. The Kier molecular flexibility index (Phi) is 3.75. The summed E-state index contributed by atoms with van der Waals surface area (Å²) in [6.07, 6.45) is 1.51. The SMILES string of the molecule is CN(C)C(=O)N[C@H]1c2ccccc2[C@@H]2CN(C(=O)c3ccco3)C[C@@H]21. The zero-order valence-electron chi connectivity index (χ0n) is 14.3. The number of hydrogen-bond acceptors (Lipinski definition) is 3. The Morgan fingerprint density at radius 1 is 1.12 bits per heavy atom. The standard InChI is InChI=1S/C19H21N3O3/c1-21(2)19(24)20-17-13-7-4-3-6-12(13)14-10-22(11-15(14)17)18(23)16-8-5-9-25-16/h3-9,14-15,17H,10-11H2,1-2H3,(H,20,24)/t14-,15-,17-/m0/s1. The van der Waals surface area contributed by atoms with Crippen LogP contribution in [-0.2, 0) is 0 Å². The van der Waals surface area contributed by atoms with Gasteiger partial charge in [0.2, 0.25) is 0 Å². The van der Waals surface area contributed by atoms with Gasteiger partial charge in [-0.2, -0.15) is 0 Å². The van der Waals surface area contributed by atoms with E-state index in [9.17, 15) is 9.59 Å². The summed E-state index contributed by atoms with van der Waals surface area (Å²) in [5.41, 5.74) is 2.39. The van der Waals surface area contributed by atoms with Crippen LogP contribution >= 0.6 is 0 Å². The van der Waals surface area contributed by atoms with Gasteiger partial charge in [-0.3, -0.25) is 4.79 Å². The van der Waals surface area contributed by atoms with Gasteiger partial charge < -0.3 is 19.5 Å². The third-order valence-corrected chi connectivity index (χ3v) is 5.23. The van der Waals surface area contributed by atoms with E-state index >= 15 is 0 Å². The molecule has 2 aromatic rings. The van der Waals surface area contributed by atoms with E-state index in [1.165, 1.54) is 16.7 Å². The zero-order chi connectivity index (χ0) is 17.6. The predicted molar refractivity (Wildman–Crippen MR) is 92.2 cm³/mol. The molecule has 4 rings (SSSR count). The molecule has 1 saturated heterocycles. The number of furan rings is 1. The number of nitrogens with one attached hydrogen (secondary N) is 1. The Morgan fingerprint density at radius 2 is 1.88 bits per heavy atom. The number of hydrogen-bond donors (Lipinski definition) is 1. The Labute approximate surface area is 146 Å². The third-order valence-electron chi connectivity index (χ3n) is 5.23. The molecule has 3 amide bonds. The van der Waals surface area contributed by atoms with E-state index in [4.69, 9.17) is 4.42 Å². The molecule has 0 saturated carbocycles. The van der Waals surface area contributed by atoms with Gasteiger partial charge in [0.05, 0.1) is 12.3 Å². The molecule has 0 spiro atoms. The molecule has 0 bridgehead atoms. The minimum absolute atomic E-state index is 0.0782. The van der Waals surface area contributed by atoms with Gasteiger partial charge in [0.25, 0.3) is 5.91 Å². The van der Waals surface area contributed by atoms with Gasteiger partial charge in [-0.25, -0.2) is 4.79 Å². The summed E-state index contributed by atoms with van der Waals surface area (Å²) in [6, 6.07) is 11.4. The van der Waals surface area contributed by atoms with Gasteiger partial charge in [-0.1, -0.05) is 24.3 Å². The second-order valence-electron chi connectivity index (χ2n) is 6.91. The van der Waals surface area contributed by atoms with Gasteiger partial charge in [0, 0.05) is 39.0 Å². The summed E-state index contributed by atoms with van der Waals surface area (Å²) in [4.78, 5) is 28.2. The van der Waals surface area contributed by atoms with Crippen LogP contribution in [0.25, 0.3) is 0 Å². The molecule has 1 fully saturated rings. The Bertz CT molecular complexity index is 800. The highest BCUT2D eigenvalue weighted by atomic mass is 16.3. The molecule has 2 aliphatic rings. The molecular weight excluding hydrogens is 318 g/mol. The molecule has 1 aromatic carbocycles. The summed E-state index contributed by atoms with van der Waals surface area (Å²) < 4.78 is 5.25. The lowest BCUT2D eigenvalue weighted by molar-refractivity contribution is 0.0751. The van der Waals surface area contributed by atoms with Crippen molar-refractivity contribution in [1.82, 2.24) is 15.1 Å². The highest BCUT2D eigenvalue weighted by Gasteiger charge is 2.48. The highest BCUT2D eigenvalue weighted by Crippen LogP contribution is 2.49. The second-order valence-corrected chi connectivity index (χ2v) is 6.91. The Morgan fingerprint density at radius 3 is 2.56 bits per heavy atom. The van der Waals surface area contributed by atoms with Crippen molar-refractivity contribution >= 4 is 11.9 Å². The average Bonchev–Trinajstić information content (AvgIpc) is 3.32. The van der Waals surface area contributed by atoms with Crippen molar-refractivity contribution in [3.05, 3.63) is 59.5 Å². The molecule has 1 N–H and O–H groups in total. The average molecular weight is 339 g/mol. The quantitative estimate of drug-likeness (QED) is 0.914. The topological polar surface area (TPSA) is 65.8 Å². The van der Waals surface area contributed by atoms with E-state index in [0.29, 0.717) is 18.8 Å². The first-order chi connectivity index (χ1) is 12.1. The molecule has 6 heteroatoms. The molecule has 0 radical (unpaired) electrons. The third kappa shape index (κ3) is 2.58. The van der Waals surface area contributed by atoms with Crippen molar-refractivity contribution in [3.63, 3.8) is 0 Å². The van der Waals surface area contributed by atoms with Crippen LogP contribution in [0.5, 0.6) is 0 Å². The molecule has 6 nitrogen and oxygen atoms in total. The van der Waals surface area contributed by atoms with E-state index in [1.54, 1.807) is 26.2 Å². The van der Waals surface area contributed by atoms with Crippen LogP contribution < -0.4 is 5.32 Å². The molecule has 0 unspecified atom stereocenters. The van der Waals surface area contributed by atoms with Crippen molar-refractivity contribution in [1.29, 1.82) is 0 Å². The minimum Gasteiger partial charge on any atom is -0.459 e. The molecule has 2 heterocycles. The fourth-order valence-corrected chi connectivity index (χ4v) is 4.03. The van der Waals surface area contributed by atoms with Crippen molar-refractivity contribution in [3.8, 4) is 0 Å². The lowest BCUT2D eigenvalue weighted by atomic mass is 9.94. The van der Waals surface area contributed by atoms with Gasteiger partial charge in [0.15, 0.2) is 5.76 Å². The number of carbonyl (C=O) groups excluding carboxylic acids is 2. The van der Waals surface area contributed by atoms with Crippen molar-refractivity contribution in [2.24, 2.45) is 5.92 Å². The van der Waals surface area contributed by atoms with Crippen LogP contribution in [0.4, 0.5) is 4.79 Å². The number of carbonyl (C=O) groups is 2. The van der Waals surface area contributed by atoms with E-state index in [2.05, 4.69) is 17.4 Å². The smallest absolute Gasteiger partial charge is 0.317 e. The molecular formula is C19H21N3O3. The summed E-state index contributed by atoms with van der Waals surface area (Å²) in [6.45, 7) is 1.26. The molecule has 1 aliphatic heterocycles. The molecule has 3 atom stereocenters. The van der Waals surface area contributed by atoms with Gasteiger partial charge in [0.1, 0.15) is 0 Å². The lowest BCUT2D eigenvalue weighted by Crippen LogP contribution is -2.40. The van der Waals surface area contributed by atoms with Crippen LogP contribution in [0, 0.1) is 5.92 Å². The Hall–Kier alpha value is -2.76. The fourth-order valence-electron chi connectivity index (χ4n) is 4.03. The van der Waals surface area contributed by atoms with Crippen LogP contribution in [0.3, 0.4) is 0 Å². The summed E-state index contributed by atoms with van der Waals surface area (Å²) in [5.74, 6) is 0.694. The maximum atomic E-state index is 12.6. The first kappa shape index (κ1) is 15.7. The Balaban J connectivity index is 1.61. The molecule has 1 aromatic heterocycles. The van der Waals surface area contributed by atoms with Gasteiger partial charge in [-0.05, 0) is 23.3 Å². The number of likely N-dealkylation sites (tertiary alicyclic amines) is 1. The number of fused-ring (bicyclic) bond motifs is 3. The normalized spacial score (nSPS) is 23.9. The van der Waals surface area contributed by atoms with E-state index in [-0.39, 0.29) is 29.8 Å². The lowest BCUT2D eigenvalue weighted by Gasteiger charge is -2.24. The number of rotatable bonds is 2. The van der Waals surface area contributed by atoms with Gasteiger partial charge >= 0.3 is 6.03 Å². The maximum Gasteiger partial charge on any atom is 0.317 e. The molecule has 1 aliphatic carbocycles. The molecule has 130 valence electrons. The number of amides is 3. The summed E-state index contributed by atoms with van der Waals surface area (Å²) in [5, 5.41) is 3.13. The number of urea groups is 1. The minimum atomic E-state index is -0.115. The van der Waals surface area contributed by atoms with Crippen LogP contribution in [0.15, 0.2) is 47.1 Å². The fraction of sp³-hybridized carbons (Fsp3) is 0.368. The van der Waals surface area contributed by atoms with E-state index < -0.39 is 0 Å². The maximum absolute atomic E-state index is 12.6.